The quantitative estimate of drug-likeness (QED) is 0.739. The van der Waals surface area contributed by atoms with Gasteiger partial charge in [0.25, 0.3) is 0 Å². The van der Waals surface area contributed by atoms with Crippen LogP contribution >= 0.6 is 0 Å². The fourth-order valence-electron chi connectivity index (χ4n) is 2.35. The Bertz CT molecular complexity index is 887. The summed E-state index contributed by atoms with van der Waals surface area (Å²) in [5, 5.41) is 10.2. The summed E-state index contributed by atoms with van der Waals surface area (Å²) in [6.07, 6.45) is -5.12. The highest BCUT2D eigenvalue weighted by atomic mass is 32.2. The number of hydrogen-bond donors (Lipinski definition) is 2. The molecule has 0 fully saturated rings. The molecule has 0 bridgehead atoms. The molecular weight excluding hydrogens is 387 g/mol. The van der Waals surface area contributed by atoms with E-state index in [2.05, 4.69) is 0 Å². The van der Waals surface area contributed by atoms with Gasteiger partial charge in [-0.05, 0) is 17.7 Å². The van der Waals surface area contributed by atoms with Crippen LogP contribution in [0.1, 0.15) is 5.56 Å². The molecule has 0 aliphatic heterocycles. The number of methoxy groups -OCH3 is 2. The molecular formula is C17H18F3NO5S. The second-order valence-corrected chi connectivity index (χ2v) is 7.30. The molecule has 1 atom stereocenters. The second-order valence-electron chi connectivity index (χ2n) is 5.57. The molecule has 0 radical (unpaired) electrons. The minimum absolute atomic E-state index is 0.0847. The van der Waals surface area contributed by atoms with Gasteiger partial charge < -0.3 is 14.6 Å². The van der Waals surface area contributed by atoms with Gasteiger partial charge in [0.15, 0.2) is 5.60 Å². The Hall–Kier alpha value is -2.30. The summed E-state index contributed by atoms with van der Waals surface area (Å²) < 4.78 is 77.3. The van der Waals surface area contributed by atoms with Crippen LogP contribution in [0.2, 0.25) is 0 Å². The van der Waals surface area contributed by atoms with Crippen LogP contribution in [0, 0.1) is 0 Å². The van der Waals surface area contributed by atoms with Crippen molar-refractivity contribution in [2.75, 3.05) is 20.8 Å². The average Bonchev–Trinajstić information content (AvgIpc) is 2.65. The van der Waals surface area contributed by atoms with Crippen LogP contribution in [0.4, 0.5) is 13.2 Å². The molecule has 0 aromatic heterocycles. The van der Waals surface area contributed by atoms with Crippen molar-refractivity contribution in [1.82, 2.24) is 4.72 Å². The first-order valence-electron chi connectivity index (χ1n) is 7.61. The zero-order valence-corrected chi connectivity index (χ0v) is 15.3. The highest BCUT2D eigenvalue weighted by Crippen LogP contribution is 2.39. The first-order valence-corrected chi connectivity index (χ1v) is 9.10. The largest absolute Gasteiger partial charge is 0.497 e. The number of halogens is 3. The summed E-state index contributed by atoms with van der Waals surface area (Å²) in [6, 6.07) is 10.1. The third kappa shape index (κ3) is 4.34. The Morgan fingerprint density at radius 3 is 2.19 bits per heavy atom. The summed E-state index contributed by atoms with van der Waals surface area (Å²) in [4.78, 5) is -0.415. The smallest absolute Gasteiger partial charge is 0.422 e. The number of sulfonamides is 1. The number of ether oxygens (including phenoxy) is 2. The standard InChI is InChI=1S/C17H18F3NO5S/c1-25-13-8-9-14(26-2)15(10-13)27(23,24)21-11-16(22,17(18,19)20)12-6-4-3-5-7-12/h3-10,21-22H,11H2,1-2H3. The maximum absolute atomic E-state index is 13.5. The van der Waals surface area contributed by atoms with E-state index in [9.17, 15) is 26.7 Å². The van der Waals surface area contributed by atoms with Crippen LogP contribution in [0.5, 0.6) is 11.5 Å². The molecule has 10 heteroatoms. The van der Waals surface area contributed by atoms with E-state index in [-0.39, 0.29) is 11.5 Å². The lowest BCUT2D eigenvalue weighted by Crippen LogP contribution is -2.51. The molecule has 2 aromatic carbocycles. The average molecular weight is 405 g/mol. The molecule has 0 aliphatic carbocycles. The van der Waals surface area contributed by atoms with Crippen molar-refractivity contribution in [2.45, 2.75) is 16.7 Å². The van der Waals surface area contributed by atoms with Crippen LogP contribution in [0.15, 0.2) is 53.4 Å². The van der Waals surface area contributed by atoms with Gasteiger partial charge >= 0.3 is 6.18 Å². The minimum atomic E-state index is -5.12. The molecule has 6 nitrogen and oxygen atoms in total. The fraction of sp³-hybridized carbons (Fsp3) is 0.294. The zero-order chi connectivity index (χ0) is 20.3. The van der Waals surface area contributed by atoms with Crippen molar-refractivity contribution in [3.05, 3.63) is 54.1 Å². The molecule has 2 N–H and O–H groups in total. The SMILES string of the molecule is COc1ccc(OC)c(S(=O)(=O)NCC(O)(c2ccccc2)C(F)(F)F)c1. The van der Waals surface area contributed by atoms with Gasteiger partial charge in [0.1, 0.15) is 16.4 Å². The summed E-state index contributed by atoms with van der Waals surface area (Å²) in [5.41, 5.74) is -3.90. The number of nitrogens with one attached hydrogen (secondary N) is 1. The normalized spacial score (nSPS) is 14.4. The Morgan fingerprint density at radius 2 is 1.67 bits per heavy atom. The summed E-state index contributed by atoms with van der Waals surface area (Å²) in [6.45, 7) is -1.32. The maximum Gasteiger partial charge on any atom is 0.422 e. The van der Waals surface area contributed by atoms with Gasteiger partial charge in [0.2, 0.25) is 10.0 Å². The highest BCUT2D eigenvalue weighted by molar-refractivity contribution is 7.89. The molecule has 2 rings (SSSR count). The molecule has 1 unspecified atom stereocenters. The minimum Gasteiger partial charge on any atom is -0.497 e. The number of rotatable bonds is 7. The van der Waals surface area contributed by atoms with Gasteiger partial charge in [0.05, 0.1) is 20.8 Å². The third-order valence-corrected chi connectivity index (χ3v) is 5.32. The Balaban J connectivity index is 2.40. The summed E-state index contributed by atoms with van der Waals surface area (Å²) >= 11 is 0. The van der Waals surface area contributed by atoms with Crippen LogP contribution in [-0.4, -0.2) is 40.5 Å². The maximum atomic E-state index is 13.5. The second kappa shape index (κ2) is 7.75. The zero-order valence-electron chi connectivity index (χ0n) is 14.4. The van der Waals surface area contributed by atoms with Crippen molar-refractivity contribution in [3.8, 4) is 11.5 Å². The Morgan fingerprint density at radius 1 is 1.04 bits per heavy atom. The molecule has 148 valence electrons. The summed E-state index contributed by atoms with van der Waals surface area (Å²) in [5.74, 6) is 0.0869. The fourth-order valence-corrected chi connectivity index (χ4v) is 3.59. The molecule has 0 saturated carbocycles. The van der Waals surface area contributed by atoms with Crippen molar-refractivity contribution in [1.29, 1.82) is 0 Å². The molecule has 2 aromatic rings. The third-order valence-electron chi connectivity index (χ3n) is 3.90. The van der Waals surface area contributed by atoms with Crippen LogP contribution in [0.25, 0.3) is 0 Å². The predicted molar refractivity (Wildman–Crippen MR) is 91.1 cm³/mol. The number of alkyl halides is 3. The van der Waals surface area contributed by atoms with Gasteiger partial charge in [-0.2, -0.15) is 13.2 Å². The Labute approximate surface area is 154 Å². The monoisotopic (exact) mass is 405 g/mol. The van der Waals surface area contributed by atoms with Gasteiger partial charge in [0, 0.05) is 6.07 Å². The van der Waals surface area contributed by atoms with Gasteiger partial charge in [-0.15, -0.1) is 0 Å². The van der Waals surface area contributed by atoms with Gasteiger partial charge in [-0.25, -0.2) is 13.1 Å². The molecule has 0 spiro atoms. The van der Waals surface area contributed by atoms with Crippen molar-refractivity contribution >= 4 is 10.0 Å². The predicted octanol–water partition coefficient (Wildman–Crippen LogP) is 2.43. The van der Waals surface area contributed by atoms with Gasteiger partial charge in [-0.1, -0.05) is 30.3 Å². The molecule has 0 saturated heterocycles. The first-order chi connectivity index (χ1) is 12.5. The lowest BCUT2D eigenvalue weighted by molar-refractivity contribution is -0.263. The van der Waals surface area contributed by atoms with E-state index in [0.29, 0.717) is 0 Å². The van der Waals surface area contributed by atoms with Crippen LogP contribution in [0.3, 0.4) is 0 Å². The Kier molecular flexibility index (Phi) is 6.03. The lowest BCUT2D eigenvalue weighted by Gasteiger charge is -2.31. The number of aliphatic hydroxyl groups is 1. The van der Waals surface area contributed by atoms with Crippen molar-refractivity contribution in [2.24, 2.45) is 0 Å². The number of benzene rings is 2. The van der Waals surface area contributed by atoms with E-state index in [1.807, 2.05) is 4.72 Å². The topological polar surface area (TPSA) is 84.9 Å². The van der Waals surface area contributed by atoms with Gasteiger partial charge in [-0.3, -0.25) is 0 Å². The van der Waals surface area contributed by atoms with E-state index in [1.54, 1.807) is 0 Å². The number of hydrogen-bond acceptors (Lipinski definition) is 5. The van der Waals surface area contributed by atoms with Crippen molar-refractivity contribution in [3.63, 3.8) is 0 Å². The molecule has 27 heavy (non-hydrogen) atoms. The highest BCUT2D eigenvalue weighted by Gasteiger charge is 2.55. The van der Waals surface area contributed by atoms with E-state index in [0.717, 1.165) is 18.2 Å². The first kappa shape index (κ1) is 21.0. The molecule has 0 aliphatic rings. The molecule has 0 amide bonds. The van der Waals surface area contributed by atoms with E-state index in [1.165, 1.54) is 44.6 Å². The molecule has 0 heterocycles. The van der Waals surface area contributed by atoms with Crippen LogP contribution < -0.4 is 14.2 Å². The van der Waals surface area contributed by atoms with E-state index < -0.39 is 38.8 Å². The van der Waals surface area contributed by atoms with E-state index in [4.69, 9.17) is 9.47 Å². The summed E-state index contributed by atoms with van der Waals surface area (Å²) in [7, 11) is -1.92. The van der Waals surface area contributed by atoms with E-state index >= 15 is 0 Å². The van der Waals surface area contributed by atoms with Crippen LogP contribution in [-0.2, 0) is 15.6 Å². The van der Waals surface area contributed by atoms with Crippen molar-refractivity contribution < 1.29 is 36.2 Å². The lowest BCUT2D eigenvalue weighted by atomic mass is 9.93.